The summed E-state index contributed by atoms with van der Waals surface area (Å²) >= 11 is 0. The van der Waals surface area contributed by atoms with Gasteiger partial charge in [-0.1, -0.05) is 36.4 Å². The molecule has 0 radical (unpaired) electrons. The number of nitrogens with one attached hydrogen (secondary N) is 2. The van der Waals surface area contributed by atoms with Gasteiger partial charge in [0.15, 0.2) is 0 Å². The number of carbonyl (C=O) groups is 1. The second kappa shape index (κ2) is 8.79. The van der Waals surface area contributed by atoms with Crippen molar-refractivity contribution in [2.45, 2.75) is 51.0 Å². The van der Waals surface area contributed by atoms with Crippen molar-refractivity contribution >= 4 is 21.6 Å². The van der Waals surface area contributed by atoms with Crippen molar-refractivity contribution in [3.05, 3.63) is 94.0 Å². The summed E-state index contributed by atoms with van der Waals surface area (Å²) in [5.41, 5.74) is 6.14. The monoisotopic (exact) mass is 448 g/mol. The first-order valence-corrected chi connectivity index (χ1v) is 12.3. The molecule has 0 saturated heterocycles. The largest absolute Gasteiger partial charge is 0.346 e. The fraction of sp³-hybridized carbons (Fsp3) is 0.269. The van der Waals surface area contributed by atoms with Gasteiger partial charge in [0, 0.05) is 11.3 Å². The molecule has 0 saturated carbocycles. The van der Waals surface area contributed by atoms with Crippen molar-refractivity contribution in [3.8, 4) is 0 Å². The van der Waals surface area contributed by atoms with E-state index in [-0.39, 0.29) is 16.8 Å². The standard InChI is InChI=1S/C26H28N2O3S/c1-17-6-4-9-24(14-17)28-32(30,31)25-16-23(11-10-18(25)2)26(29)27-19(3)21-13-12-20-7-5-8-22(20)15-21/h4,6,9-16,19,28H,5,7-8H2,1-3H3,(H,27,29)/t19-/m0/s1. The van der Waals surface area contributed by atoms with Crippen LogP contribution >= 0.6 is 0 Å². The van der Waals surface area contributed by atoms with Gasteiger partial charge in [-0.15, -0.1) is 0 Å². The van der Waals surface area contributed by atoms with Crippen molar-refractivity contribution in [3.63, 3.8) is 0 Å². The number of hydrogen-bond donors (Lipinski definition) is 2. The van der Waals surface area contributed by atoms with Crippen LogP contribution in [0.3, 0.4) is 0 Å². The molecule has 0 fully saturated rings. The third-order valence-corrected chi connectivity index (χ3v) is 7.50. The van der Waals surface area contributed by atoms with E-state index in [1.165, 1.54) is 23.6 Å². The van der Waals surface area contributed by atoms with Crippen molar-refractivity contribution in [1.29, 1.82) is 0 Å². The Morgan fingerprint density at radius 1 is 0.938 bits per heavy atom. The first-order valence-electron chi connectivity index (χ1n) is 10.9. The Morgan fingerprint density at radius 2 is 1.72 bits per heavy atom. The van der Waals surface area contributed by atoms with Gasteiger partial charge in [0.2, 0.25) is 0 Å². The topological polar surface area (TPSA) is 75.3 Å². The summed E-state index contributed by atoms with van der Waals surface area (Å²) in [7, 11) is -3.83. The minimum atomic E-state index is -3.83. The second-order valence-electron chi connectivity index (χ2n) is 8.53. The zero-order chi connectivity index (χ0) is 22.9. The van der Waals surface area contributed by atoms with Crippen molar-refractivity contribution in [2.75, 3.05) is 4.72 Å². The van der Waals surface area contributed by atoms with E-state index in [0.29, 0.717) is 16.8 Å². The molecule has 6 heteroatoms. The van der Waals surface area contributed by atoms with E-state index in [1.807, 2.05) is 19.9 Å². The minimum Gasteiger partial charge on any atom is -0.346 e. The zero-order valence-corrected chi connectivity index (χ0v) is 19.4. The Hall–Kier alpha value is -3.12. The molecule has 0 unspecified atom stereocenters. The van der Waals surface area contributed by atoms with E-state index in [0.717, 1.165) is 24.0 Å². The highest BCUT2D eigenvalue weighted by atomic mass is 32.2. The molecule has 0 heterocycles. The molecule has 5 nitrogen and oxygen atoms in total. The molecule has 0 bridgehead atoms. The Balaban J connectivity index is 1.54. The lowest BCUT2D eigenvalue weighted by atomic mass is 10.0. The van der Waals surface area contributed by atoms with E-state index in [4.69, 9.17) is 0 Å². The number of rotatable bonds is 6. The molecule has 0 spiro atoms. The lowest BCUT2D eigenvalue weighted by Gasteiger charge is -2.17. The molecule has 2 N–H and O–H groups in total. The fourth-order valence-electron chi connectivity index (χ4n) is 4.17. The second-order valence-corrected chi connectivity index (χ2v) is 10.2. The lowest BCUT2D eigenvalue weighted by Crippen LogP contribution is -2.27. The van der Waals surface area contributed by atoms with Gasteiger partial charge >= 0.3 is 0 Å². The predicted octanol–water partition coefficient (Wildman–Crippen LogP) is 5.08. The highest BCUT2D eigenvalue weighted by Crippen LogP contribution is 2.26. The van der Waals surface area contributed by atoms with E-state index in [1.54, 1.807) is 37.3 Å². The summed E-state index contributed by atoms with van der Waals surface area (Å²) < 4.78 is 28.6. The van der Waals surface area contributed by atoms with Gasteiger partial charge in [0.25, 0.3) is 15.9 Å². The molecular weight excluding hydrogens is 420 g/mol. The van der Waals surface area contributed by atoms with Gasteiger partial charge in [-0.05, 0) is 92.1 Å². The minimum absolute atomic E-state index is 0.0943. The van der Waals surface area contributed by atoms with Gasteiger partial charge in [-0.25, -0.2) is 8.42 Å². The molecule has 3 aromatic carbocycles. The maximum Gasteiger partial charge on any atom is 0.262 e. The molecule has 4 rings (SSSR count). The quantitative estimate of drug-likeness (QED) is 0.552. The predicted molar refractivity (Wildman–Crippen MR) is 128 cm³/mol. The van der Waals surface area contributed by atoms with Crippen molar-refractivity contribution < 1.29 is 13.2 Å². The molecule has 1 amide bonds. The van der Waals surface area contributed by atoms with E-state index < -0.39 is 10.0 Å². The molecule has 3 aromatic rings. The van der Waals surface area contributed by atoms with Crippen LogP contribution in [0.5, 0.6) is 0 Å². The average Bonchev–Trinajstić information content (AvgIpc) is 3.21. The molecule has 1 aliphatic carbocycles. The van der Waals surface area contributed by atoms with Crippen LogP contribution in [0.4, 0.5) is 5.69 Å². The van der Waals surface area contributed by atoms with Crippen LogP contribution in [0.15, 0.2) is 65.6 Å². The SMILES string of the molecule is Cc1cccc(NS(=O)(=O)c2cc(C(=O)N[C@@H](C)c3ccc4c(c3)CCC4)ccc2C)c1. The third kappa shape index (κ3) is 4.70. The number of amides is 1. The van der Waals surface area contributed by atoms with Crippen molar-refractivity contribution in [1.82, 2.24) is 5.32 Å². The summed E-state index contributed by atoms with van der Waals surface area (Å²) in [5.74, 6) is -0.301. The first-order chi connectivity index (χ1) is 15.2. The van der Waals surface area contributed by atoms with E-state index >= 15 is 0 Å². The molecular formula is C26H28N2O3S. The third-order valence-electron chi connectivity index (χ3n) is 5.98. The average molecular weight is 449 g/mol. The van der Waals surface area contributed by atoms with Crippen LogP contribution < -0.4 is 10.0 Å². The number of hydrogen-bond acceptors (Lipinski definition) is 3. The zero-order valence-electron chi connectivity index (χ0n) is 18.6. The Labute approximate surface area is 189 Å². The molecule has 0 aliphatic heterocycles. The van der Waals surface area contributed by atoms with E-state index in [2.05, 4.69) is 28.2 Å². The van der Waals surface area contributed by atoms with Gasteiger partial charge in [0.05, 0.1) is 10.9 Å². The van der Waals surface area contributed by atoms with Crippen LogP contribution in [0.1, 0.15) is 57.6 Å². The smallest absolute Gasteiger partial charge is 0.262 e. The molecule has 1 aliphatic rings. The summed E-state index contributed by atoms with van der Waals surface area (Å²) in [5, 5.41) is 3.00. The van der Waals surface area contributed by atoms with Crippen LogP contribution in [-0.4, -0.2) is 14.3 Å². The molecule has 32 heavy (non-hydrogen) atoms. The normalized spacial score (nSPS) is 14.0. The summed E-state index contributed by atoms with van der Waals surface area (Å²) in [4.78, 5) is 13.0. The molecule has 0 aromatic heterocycles. The highest BCUT2D eigenvalue weighted by molar-refractivity contribution is 7.92. The van der Waals surface area contributed by atoms with Crippen LogP contribution in [0.25, 0.3) is 0 Å². The Kier molecular flexibility index (Phi) is 6.07. The van der Waals surface area contributed by atoms with Gasteiger partial charge in [0.1, 0.15) is 0 Å². The maximum atomic E-state index is 13.0. The maximum absolute atomic E-state index is 13.0. The number of benzene rings is 3. The number of fused-ring (bicyclic) bond motifs is 1. The van der Waals surface area contributed by atoms with Gasteiger partial charge in [-0.3, -0.25) is 9.52 Å². The lowest BCUT2D eigenvalue weighted by molar-refractivity contribution is 0.0939. The van der Waals surface area contributed by atoms with Crippen LogP contribution in [-0.2, 0) is 22.9 Å². The summed E-state index contributed by atoms with van der Waals surface area (Å²) in [6, 6.07) is 18.1. The molecule has 1 atom stereocenters. The summed E-state index contributed by atoms with van der Waals surface area (Å²) in [6.45, 7) is 5.57. The van der Waals surface area contributed by atoms with E-state index in [9.17, 15) is 13.2 Å². The summed E-state index contributed by atoms with van der Waals surface area (Å²) in [6.07, 6.45) is 3.38. The number of anilines is 1. The Bertz CT molecular complexity index is 1280. The van der Waals surface area contributed by atoms with Crippen LogP contribution in [0, 0.1) is 13.8 Å². The number of carbonyl (C=O) groups excluding carboxylic acids is 1. The Morgan fingerprint density at radius 3 is 2.50 bits per heavy atom. The van der Waals surface area contributed by atoms with Gasteiger partial charge in [-0.2, -0.15) is 0 Å². The number of sulfonamides is 1. The van der Waals surface area contributed by atoms with Crippen molar-refractivity contribution in [2.24, 2.45) is 0 Å². The van der Waals surface area contributed by atoms with Crippen LogP contribution in [0.2, 0.25) is 0 Å². The first kappa shape index (κ1) is 22.1. The fourth-order valence-corrected chi connectivity index (χ4v) is 5.50. The molecule has 166 valence electrons. The van der Waals surface area contributed by atoms with Gasteiger partial charge < -0.3 is 5.32 Å². The number of aryl methyl sites for hydroxylation is 4. The highest BCUT2D eigenvalue weighted by Gasteiger charge is 2.21.